The fourth-order valence-corrected chi connectivity index (χ4v) is 2.64. The van der Waals surface area contributed by atoms with Gasteiger partial charge >= 0.3 is 0 Å². The van der Waals surface area contributed by atoms with E-state index in [0.29, 0.717) is 5.92 Å². The van der Waals surface area contributed by atoms with Crippen LogP contribution in [0.15, 0.2) is 30.5 Å². The lowest BCUT2D eigenvalue weighted by Gasteiger charge is -2.16. The van der Waals surface area contributed by atoms with Gasteiger partial charge in [-0.25, -0.2) is 0 Å². The molecule has 4 heteroatoms. The Morgan fingerprint density at radius 2 is 2.10 bits per heavy atom. The summed E-state index contributed by atoms with van der Waals surface area (Å²) in [5, 5.41) is 12.0. The molecule has 1 aromatic heterocycles. The highest BCUT2D eigenvalue weighted by atomic mass is 16.6. The first-order chi connectivity index (χ1) is 9.65. The summed E-state index contributed by atoms with van der Waals surface area (Å²) in [6.07, 6.45) is 6.88. The van der Waals surface area contributed by atoms with Gasteiger partial charge in [-0.05, 0) is 24.5 Å². The summed E-state index contributed by atoms with van der Waals surface area (Å²) in [6.45, 7) is 5.37. The Morgan fingerprint density at radius 1 is 1.30 bits per heavy atom. The number of hydrogen-bond acceptors (Lipinski definition) is 2. The van der Waals surface area contributed by atoms with Crippen molar-refractivity contribution in [3.63, 3.8) is 0 Å². The first-order valence-corrected chi connectivity index (χ1v) is 7.39. The van der Waals surface area contributed by atoms with Crippen molar-refractivity contribution < 1.29 is 4.92 Å². The topological polar surface area (TPSA) is 48.1 Å². The third kappa shape index (κ3) is 3.18. The van der Waals surface area contributed by atoms with Crippen molar-refractivity contribution in [1.82, 2.24) is 4.57 Å². The van der Waals surface area contributed by atoms with Gasteiger partial charge in [0.1, 0.15) is 0 Å². The van der Waals surface area contributed by atoms with E-state index in [1.165, 1.54) is 19.3 Å². The molecule has 0 radical (unpaired) electrons. The van der Waals surface area contributed by atoms with Crippen LogP contribution in [0.25, 0.3) is 10.9 Å². The molecule has 0 aliphatic heterocycles. The Balaban J connectivity index is 2.24. The maximum Gasteiger partial charge on any atom is 0.271 e. The second-order valence-corrected chi connectivity index (χ2v) is 5.38. The number of nitro benzene ring substituents is 1. The van der Waals surface area contributed by atoms with E-state index in [0.717, 1.165) is 23.9 Å². The van der Waals surface area contributed by atoms with Crippen LogP contribution in [0.5, 0.6) is 0 Å². The van der Waals surface area contributed by atoms with Gasteiger partial charge < -0.3 is 4.57 Å². The molecule has 20 heavy (non-hydrogen) atoms. The summed E-state index contributed by atoms with van der Waals surface area (Å²) in [5.41, 5.74) is 1.13. The van der Waals surface area contributed by atoms with Gasteiger partial charge in [-0.1, -0.05) is 33.1 Å². The molecule has 4 nitrogen and oxygen atoms in total. The highest BCUT2D eigenvalue weighted by Crippen LogP contribution is 2.24. The Morgan fingerprint density at radius 3 is 2.75 bits per heavy atom. The largest absolute Gasteiger partial charge is 0.347 e. The van der Waals surface area contributed by atoms with Crippen molar-refractivity contribution in [1.29, 1.82) is 0 Å². The molecule has 1 aromatic carbocycles. The maximum atomic E-state index is 10.9. The van der Waals surface area contributed by atoms with Crippen molar-refractivity contribution in [3.05, 3.63) is 40.6 Å². The smallest absolute Gasteiger partial charge is 0.271 e. The third-order valence-electron chi connectivity index (χ3n) is 3.97. The van der Waals surface area contributed by atoms with Crippen molar-refractivity contribution >= 4 is 16.6 Å². The van der Waals surface area contributed by atoms with Gasteiger partial charge in [0.2, 0.25) is 0 Å². The Bertz CT molecular complexity index is 589. The lowest BCUT2D eigenvalue weighted by atomic mass is 9.99. The lowest BCUT2D eigenvalue weighted by molar-refractivity contribution is -0.384. The van der Waals surface area contributed by atoms with E-state index in [2.05, 4.69) is 18.4 Å². The van der Waals surface area contributed by atoms with Gasteiger partial charge in [0.25, 0.3) is 5.69 Å². The summed E-state index contributed by atoms with van der Waals surface area (Å²) in [4.78, 5) is 10.6. The zero-order chi connectivity index (χ0) is 14.5. The quantitative estimate of drug-likeness (QED) is 0.539. The van der Waals surface area contributed by atoms with Gasteiger partial charge in [-0.2, -0.15) is 0 Å². The molecule has 0 saturated carbocycles. The molecule has 108 valence electrons. The average Bonchev–Trinajstić information content (AvgIpc) is 2.85. The second kappa shape index (κ2) is 6.55. The van der Waals surface area contributed by atoms with Crippen molar-refractivity contribution in [2.75, 3.05) is 0 Å². The van der Waals surface area contributed by atoms with Crippen molar-refractivity contribution in [3.8, 4) is 0 Å². The van der Waals surface area contributed by atoms with Crippen molar-refractivity contribution in [2.45, 2.75) is 46.1 Å². The molecule has 0 amide bonds. The summed E-state index contributed by atoms with van der Waals surface area (Å²) >= 11 is 0. The number of benzene rings is 1. The maximum absolute atomic E-state index is 10.9. The Kier molecular flexibility index (Phi) is 4.77. The molecule has 0 aliphatic carbocycles. The molecule has 0 aliphatic rings. The normalized spacial score (nSPS) is 12.7. The highest BCUT2D eigenvalue weighted by Gasteiger charge is 2.12. The van der Waals surface area contributed by atoms with Gasteiger partial charge in [0.05, 0.1) is 10.4 Å². The van der Waals surface area contributed by atoms with E-state index in [-0.39, 0.29) is 10.6 Å². The van der Waals surface area contributed by atoms with Crippen LogP contribution in [-0.2, 0) is 6.54 Å². The fraction of sp³-hybridized carbons (Fsp3) is 0.500. The van der Waals surface area contributed by atoms with Crippen LogP contribution < -0.4 is 0 Å². The summed E-state index contributed by atoms with van der Waals surface area (Å²) < 4.78 is 2.16. The van der Waals surface area contributed by atoms with Crippen LogP contribution in [0.2, 0.25) is 0 Å². The van der Waals surface area contributed by atoms with Gasteiger partial charge in [-0.15, -0.1) is 0 Å². The first-order valence-electron chi connectivity index (χ1n) is 7.39. The number of fused-ring (bicyclic) bond motifs is 1. The number of nitrogens with zero attached hydrogens (tertiary/aromatic N) is 2. The molecule has 1 heterocycles. The molecule has 2 aromatic rings. The zero-order valence-electron chi connectivity index (χ0n) is 12.2. The van der Waals surface area contributed by atoms with Crippen LogP contribution >= 0.6 is 0 Å². The molecule has 0 fully saturated rings. The molecule has 0 bridgehead atoms. The third-order valence-corrected chi connectivity index (χ3v) is 3.97. The number of non-ortho nitro benzene ring substituents is 1. The number of aromatic nitrogens is 1. The molecular formula is C16H22N2O2. The fourth-order valence-electron chi connectivity index (χ4n) is 2.64. The summed E-state index contributed by atoms with van der Waals surface area (Å²) in [6, 6.07) is 7.12. The second-order valence-electron chi connectivity index (χ2n) is 5.38. The minimum atomic E-state index is -0.328. The molecule has 0 spiro atoms. The predicted octanol–water partition coefficient (Wildman–Crippen LogP) is 4.77. The Hall–Kier alpha value is -1.84. The van der Waals surface area contributed by atoms with Crippen LogP contribution in [0.3, 0.4) is 0 Å². The average molecular weight is 274 g/mol. The molecule has 1 atom stereocenters. The van der Waals surface area contributed by atoms with E-state index in [4.69, 9.17) is 0 Å². The van der Waals surface area contributed by atoms with Gasteiger partial charge in [0.15, 0.2) is 0 Å². The number of rotatable bonds is 7. The number of hydrogen-bond donors (Lipinski definition) is 0. The van der Waals surface area contributed by atoms with Gasteiger partial charge in [0, 0.05) is 30.3 Å². The van der Waals surface area contributed by atoms with E-state index in [1.54, 1.807) is 12.1 Å². The standard InChI is InChI=1S/C16H22N2O2/c1-3-5-6-13(4-2)12-17-10-9-14-7-8-15(18(19)20)11-16(14)17/h7-11,13H,3-6,12H2,1-2H3. The molecule has 0 saturated heterocycles. The van der Waals surface area contributed by atoms with E-state index in [1.807, 2.05) is 18.3 Å². The highest BCUT2D eigenvalue weighted by molar-refractivity contribution is 5.82. The minimum absolute atomic E-state index is 0.166. The summed E-state index contributed by atoms with van der Waals surface area (Å²) in [7, 11) is 0. The van der Waals surface area contributed by atoms with Crippen LogP contribution in [0.1, 0.15) is 39.5 Å². The number of unbranched alkanes of at least 4 members (excludes halogenated alkanes) is 1. The molecular weight excluding hydrogens is 252 g/mol. The van der Waals surface area contributed by atoms with Crippen LogP contribution in [-0.4, -0.2) is 9.49 Å². The van der Waals surface area contributed by atoms with E-state index >= 15 is 0 Å². The van der Waals surface area contributed by atoms with E-state index in [9.17, 15) is 10.1 Å². The molecule has 1 unspecified atom stereocenters. The molecule has 0 N–H and O–H groups in total. The van der Waals surface area contributed by atoms with Crippen molar-refractivity contribution in [2.24, 2.45) is 5.92 Å². The van der Waals surface area contributed by atoms with E-state index < -0.39 is 0 Å². The predicted molar refractivity (Wildman–Crippen MR) is 81.9 cm³/mol. The lowest BCUT2D eigenvalue weighted by Crippen LogP contribution is -2.09. The molecule has 2 rings (SSSR count). The number of nitro groups is 1. The van der Waals surface area contributed by atoms with Gasteiger partial charge in [-0.3, -0.25) is 10.1 Å². The first kappa shape index (κ1) is 14.6. The SMILES string of the molecule is CCCCC(CC)Cn1ccc2ccc([N+](=O)[O-])cc21. The minimum Gasteiger partial charge on any atom is -0.347 e. The Labute approximate surface area is 119 Å². The monoisotopic (exact) mass is 274 g/mol. The zero-order valence-corrected chi connectivity index (χ0v) is 12.2. The van der Waals surface area contributed by atoms with Crippen LogP contribution in [0, 0.1) is 16.0 Å². The summed E-state index contributed by atoms with van der Waals surface area (Å²) in [5.74, 6) is 0.643. The van der Waals surface area contributed by atoms with Crippen LogP contribution in [0.4, 0.5) is 5.69 Å².